The summed E-state index contributed by atoms with van der Waals surface area (Å²) in [6.07, 6.45) is 9.10. The second-order valence-electron chi connectivity index (χ2n) is 11.5. The van der Waals surface area contributed by atoms with Crippen molar-refractivity contribution in [3.63, 3.8) is 0 Å². The smallest absolute Gasteiger partial charge is 0.287 e. The highest BCUT2D eigenvalue weighted by Crippen LogP contribution is 2.46. The van der Waals surface area contributed by atoms with Crippen LogP contribution >= 0.6 is 0 Å². The second kappa shape index (κ2) is 9.04. The van der Waals surface area contributed by atoms with E-state index in [9.17, 15) is 4.79 Å². The van der Waals surface area contributed by atoms with E-state index in [2.05, 4.69) is 52.1 Å². The second-order valence-corrected chi connectivity index (χ2v) is 11.5. The van der Waals surface area contributed by atoms with Gasteiger partial charge in [0.1, 0.15) is 5.76 Å². The SMILES string of the molecule is Cc1cc2c(cc1Cc1ccc(C(=O)NCC3CCC(=CN)CC3)o1)C(C)(C)CCC2(C)C. The average Bonchev–Trinajstić information content (AvgIpc) is 3.25. The third-order valence-electron chi connectivity index (χ3n) is 8.09. The molecule has 178 valence electrons. The third kappa shape index (κ3) is 5.05. The van der Waals surface area contributed by atoms with Gasteiger partial charge in [-0.1, -0.05) is 45.4 Å². The summed E-state index contributed by atoms with van der Waals surface area (Å²) in [5.74, 6) is 1.64. The number of carbonyl (C=O) groups excluding carboxylic acids is 1. The largest absolute Gasteiger partial charge is 0.456 e. The molecule has 0 unspecified atom stereocenters. The number of furan rings is 1. The number of hydrogen-bond donors (Lipinski definition) is 2. The zero-order chi connectivity index (χ0) is 23.8. The molecule has 0 spiro atoms. The van der Waals surface area contributed by atoms with Crippen molar-refractivity contribution in [2.45, 2.75) is 90.4 Å². The molecule has 0 aliphatic heterocycles. The Labute approximate surface area is 199 Å². The van der Waals surface area contributed by atoms with Gasteiger partial charge in [0.15, 0.2) is 5.76 Å². The Morgan fingerprint density at radius 2 is 1.73 bits per heavy atom. The maximum absolute atomic E-state index is 12.7. The van der Waals surface area contributed by atoms with E-state index in [1.54, 1.807) is 6.20 Å². The maximum Gasteiger partial charge on any atom is 0.287 e. The summed E-state index contributed by atoms with van der Waals surface area (Å²) in [7, 11) is 0. The molecule has 0 radical (unpaired) electrons. The highest BCUT2D eigenvalue weighted by Gasteiger charge is 2.37. The zero-order valence-electron chi connectivity index (χ0n) is 21.0. The highest BCUT2D eigenvalue weighted by molar-refractivity contribution is 5.91. The van der Waals surface area contributed by atoms with Gasteiger partial charge >= 0.3 is 0 Å². The molecule has 4 rings (SSSR count). The van der Waals surface area contributed by atoms with Crippen LogP contribution in [0.2, 0.25) is 0 Å². The number of nitrogens with one attached hydrogen (secondary N) is 1. The molecular weight excluding hydrogens is 408 g/mol. The fourth-order valence-electron chi connectivity index (χ4n) is 5.48. The first-order chi connectivity index (χ1) is 15.6. The first-order valence-corrected chi connectivity index (χ1v) is 12.5. The fourth-order valence-corrected chi connectivity index (χ4v) is 5.48. The van der Waals surface area contributed by atoms with Crippen LogP contribution in [0.5, 0.6) is 0 Å². The Morgan fingerprint density at radius 1 is 1.09 bits per heavy atom. The van der Waals surface area contributed by atoms with E-state index >= 15 is 0 Å². The number of nitrogens with two attached hydrogens (primary N) is 1. The average molecular weight is 449 g/mol. The molecular formula is C29H40N2O2. The van der Waals surface area contributed by atoms with Gasteiger partial charge in [-0.2, -0.15) is 0 Å². The van der Waals surface area contributed by atoms with Gasteiger partial charge in [0, 0.05) is 13.0 Å². The molecule has 4 heteroatoms. The van der Waals surface area contributed by atoms with Gasteiger partial charge in [0.05, 0.1) is 0 Å². The van der Waals surface area contributed by atoms with Crippen molar-refractivity contribution in [3.8, 4) is 0 Å². The van der Waals surface area contributed by atoms with Crippen molar-refractivity contribution in [3.05, 3.63) is 69.8 Å². The monoisotopic (exact) mass is 448 g/mol. The number of amides is 1. The summed E-state index contributed by atoms with van der Waals surface area (Å²) in [4.78, 5) is 12.7. The molecule has 0 bridgehead atoms. The van der Waals surface area contributed by atoms with Crippen molar-refractivity contribution in [2.75, 3.05) is 6.54 Å². The first kappa shape index (κ1) is 23.7. The quantitative estimate of drug-likeness (QED) is 0.565. The van der Waals surface area contributed by atoms with Gasteiger partial charge in [0.2, 0.25) is 0 Å². The van der Waals surface area contributed by atoms with Crippen LogP contribution in [0.1, 0.15) is 105 Å². The zero-order valence-corrected chi connectivity index (χ0v) is 21.0. The molecule has 4 nitrogen and oxygen atoms in total. The topological polar surface area (TPSA) is 68.3 Å². The Morgan fingerprint density at radius 3 is 2.36 bits per heavy atom. The lowest BCUT2D eigenvalue weighted by Crippen LogP contribution is -2.34. The van der Waals surface area contributed by atoms with Crippen molar-refractivity contribution < 1.29 is 9.21 Å². The molecule has 33 heavy (non-hydrogen) atoms. The number of benzene rings is 1. The van der Waals surface area contributed by atoms with Crippen molar-refractivity contribution >= 4 is 5.91 Å². The lowest BCUT2D eigenvalue weighted by molar-refractivity contribution is 0.0915. The van der Waals surface area contributed by atoms with Crippen molar-refractivity contribution in [2.24, 2.45) is 11.7 Å². The summed E-state index contributed by atoms with van der Waals surface area (Å²) in [6, 6.07) is 8.53. The normalized spacial score (nSPS) is 21.4. The first-order valence-electron chi connectivity index (χ1n) is 12.5. The number of carbonyl (C=O) groups is 1. The van der Waals surface area contributed by atoms with Gasteiger partial charge in [-0.15, -0.1) is 0 Å². The minimum atomic E-state index is -0.119. The molecule has 2 aliphatic carbocycles. The number of fused-ring (bicyclic) bond motifs is 1. The van der Waals surface area contributed by atoms with Gasteiger partial charge in [-0.05, 0) is 103 Å². The van der Waals surface area contributed by atoms with Crippen LogP contribution in [-0.4, -0.2) is 12.5 Å². The van der Waals surface area contributed by atoms with Crippen LogP contribution in [0.25, 0.3) is 0 Å². The lowest BCUT2D eigenvalue weighted by Gasteiger charge is -2.42. The molecule has 1 fully saturated rings. The van der Waals surface area contributed by atoms with E-state index < -0.39 is 0 Å². The van der Waals surface area contributed by atoms with Crippen LogP contribution < -0.4 is 11.1 Å². The van der Waals surface area contributed by atoms with E-state index in [0.29, 0.717) is 24.6 Å². The number of rotatable bonds is 5. The predicted octanol–water partition coefficient (Wildman–Crippen LogP) is 6.29. The fraction of sp³-hybridized carbons (Fsp3) is 0.552. The predicted molar refractivity (Wildman–Crippen MR) is 135 cm³/mol. The van der Waals surface area contributed by atoms with E-state index in [4.69, 9.17) is 10.2 Å². The summed E-state index contributed by atoms with van der Waals surface area (Å²) < 4.78 is 5.98. The van der Waals surface area contributed by atoms with Crippen LogP contribution in [0.3, 0.4) is 0 Å². The van der Waals surface area contributed by atoms with Crippen LogP contribution in [-0.2, 0) is 17.3 Å². The molecule has 2 aliphatic rings. The summed E-state index contributed by atoms with van der Waals surface area (Å²) in [5, 5.41) is 3.07. The van der Waals surface area contributed by atoms with Gasteiger partial charge in [-0.3, -0.25) is 4.79 Å². The molecule has 1 heterocycles. The summed E-state index contributed by atoms with van der Waals surface area (Å²) in [5.41, 5.74) is 12.9. The van der Waals surface area contributed by atoms with Crippen molar-refractivity contribution in [1.29, 1.82) is 0 Å². The molecule has 1 amide bonds. The number of hydrogen-bond acceptors (Lipinski definition) is 3. The Kier molecular flexibility index (Phi) is 6.48. The molecule has 0 atom stereocenters. The molecule has 0 saturated heterocycles. The summed E-state index contributed by atoms with van der Waals surface area (Å²) in [6.45, 7) is 12.3. The molecule has 1 aromatic carbocycles. The minimum absolute atomic E-state index is 0.119. The molecule has 3 N–H and O–H groups in total. The van der Waals surface area contributed by atoms with Crippen molar-refractivity contribution in [1.82, 2.24) is 5.32 Å². The van der Waals surface area contributed by atoms with Crippen LogP contribution in [0.15, 0.2) is 40.5 Å². The minimum Gasteiger partial charge on any atom is -0.456 e. The van der Waals surface area contributed by atoms with Gasteiger partial charge < -0.3 is 15.5 Å². The molecule has 1 saturated carbocycles. The van der Waals surface area contributed by atoms with Gasteiger partial charge in [-0.25, -0.2) is 0 Å². The van der Waals surface area contributed by atoms with Gasteiger partial charge in [0.25, 0.3) is 5.91 Å². The Hall–Kier alpha value is -2.49. The van der Waals surface area contributed by atoms with Crippen LogP contribution in [0, 0.1) is 12.8 Å². The van der Waals surface area contributed by atoms with E-state index in [0.717, 1.165) is 31.4 Å². The van der Waals surface area contributed by atoms with E-state index in [1.807, 2.05) is 12.1 Å². The number of allylic oxidation sites excluding steroid dienone is 1. The number of aryl methyl sites for hydroxylation is 1. The Bertz CT molecular complexity index is 1050. The Balaban J connectivity index is 1.43. The highest BCUT2D eigenvalue weighted by atomic mass is 16.3. The molecule has 2 aromatic rings. The van der Waals surface area contributed by atoms with E-state index in [1.165, 1.54) is 40.7 Å². The summed E-state index contributed by atoms with van der Waals surface area (Å²) >= 11 is 0. The standard InChI is InChI=1S/C29H40N2O2/c1-19-14-24-25(29(4,5)13-12-28(24,2)3)16-22(19)15-23-10-11-26(33-23)27(32)31-18-21-8-6-20(17-30)7-9-21/h10-11,14,16-17,21H,6-9,12-13,15,18,30H2,1-5H3,(H,31,32). The lowest BCUT2D eigenvalue weighted by atomic mass is 9.62. The third-order valence-corrected chi connectivity index (χ3v) is 8.09. The van der Waals surface area contributed by atoms with E-state index in [-0.39, 0.29) is 16.7 Å². The van der Waals surface area contributed by atoms with Crippen LogP contribution in [0.4, 0.5) is 0 Å². The molecule has 1 aromatic heterocycles. The maximum atomic E-state index is 12.7.